The zero-order valence-electron chi connectivity index (χ0n) is 15.2. The number of pyridine rings is 1. The first-order valence-electron chi connectivity index (χ1n) is 8.65. The molecule has 27 heavy (non-hydrogen) atoms. The number of nitrogens with one attached hydrogen (secondary N) is 1. The molecule has 0 unspecified atom stereocenters. The number of aryl methyl sites for hydroxylation is 2. The van der Waals surface area contributed by atoms with Gasteiger partial charge in [0.1, 0.15) is 5.82 Å². The van der Waals surface area contributed by atoms with E-state index in [0.717, 1.165) is 22.5 Å². The summed E-state index contributed by atoms with van der Waals surface area (Å²) < 4.78 is 15.6. The van der Waals surface area contributed by atoms with Crippen molar-refractivity contribution in [3.63, 3.8) is 0 Å². The van der Waals surface area contributed by atoms with E-state index in [4.69, 9.17) is 5.21 Å². The van der Waals surface area contributed by atoms with Crippen molar-refractivity contribution in [1.29, 1.82) is 0 Å². The van der Waals surface area contributed by atoms with Crippen LogP contribution in [0.5, 0.6) is 0 Å². The minimum absolute atomic E-state index is 0.0120. The summed E-state index contributed by atoms with van der Waals surface area (Å²) in [6, 6.07) is 6.90. The SMILES string of the molecule is Cc1cnccc1-n1ncc(CC(=O)NO)c1CCc1cccc(F)c1C. The van der Waals surface area contributed by atoms with Gasteiger partial charge in [-0.1, -0.05) is 12.1 Å². The molecule has 1 amide bonds. The Labute approximate surface area is 156 Å². The Morgan fingerprint density at radius 3 is 2.74 bits per heavy atom. The van der Waals surface area contributed by atoms with Crippen LogP contribution in [-0.4, -0.2) is 25.9 Å². The molecule has 0 spiro atoms. The molecule has 2 N–H and O–H groups in total. The van der Waals surface area contributed by atoms with Crippen molar-refractivity contribution >= 4 is 5.91 Å². The molecule has 2 heterocycles. The molecule has 0 atom stereocenters. The van der Waals surface area contributed by atoms with Crippen molar-refractivity contribution in [2.75, 3.05) is 0 Å². The maximum Gasteiger partial charge on any atom is 0.247 e. The van der Waals surface area contributed by atoms with Crippen LogP contribution in [-0.2, 0) is 24.1 Å². The molecule has 1 aromatic carbocycles. The second-order valence-corrected chi connectivity index (χ2v) is 6.43. The van der Waals surface area contributed by atoms with Crippen LogP contribution in [0.4, 0.5) is 4.39 Å². The third-order valence-corrected chi connectivity index (χ3v) is 4.66. The second kappa shape index (κ2) is 8.09. The molecule has 0 aliphatic carbocycles. The van der Waals surface area contributed by atoms with Gasteiger partial charge >= 0.3 is 0 Å². The lowest BCUT2D eigenvalue weighted by Crippen LogP contribution is -2.21. The van der Waals surface area contributed by atoms with Crippen LogP contribution in [0.2, 0.25) is 0 Å². The fourth-order valence-corrected chi connectivity index (χ4v) is 3.12. The second-order valence-electron chi connectivity index (χ2n) is 6.43. The van der Waals surface area contributed by atoms with E-state index in [9.17, 15) is 9.18 Å². The number of carbonyl (C=O) groups excluding carboxylic acids is 1. The molecule has 0 radical (unpaired) electrons. The molecule has 0 fully saturated rings. The fourth-order valence-electron chi connectivity index (χ4n) is 3.12. The lowest BCUT2D eigenvalue weighted by atomic mass is 10.00. The molecule has 0 bridgehead atoms. The van der Waals surface area contributed by atoms with Crippen molar-refractivity contribution in [2.24, 2.45) is 0 Å². The number of carbonyl (C=O) groups is 1. The van der Waals surface area contributed by atoms with Gasteiger partial charge in [-0.25, -0.2) is 14.6 Å². The highest BCUT2D eigenvalue weighted by atomic mass is 19.1. The van der Waals surface area contributed by atoms with Gasteiger partial charge in [0.2, 0.25) is 5.91 Å². The van der Waals surface area contributed by atoms with Gasteiger partial charge in [-0.05, 0) is 55.5 Å². The van der Waals surface area contributed by atoms with Crippen LogP contribution in [0.3, 0.4) is 0 Å². The Morgan fingerprint density at radius 2 is 2.00 bits per heavy atom. The molecule has 0 saturated heterocycles. The largest absolute Gasteiger partial charge is 0.289 e. The minimum atomic E-state index is -0.510. The van der Waals surface area contributed by atoms with Crippen LogP contribution < -0.4 is 5.48 Å². The molecular weight excluding hydrogens is 347 g/mol. The van der Waals surface area contributed by atoms with Crippen LogP contribution >= 0.6 is 0 Å². The third kappa shape index (κ3) is 4.03. The normalized spacial score (nSPS) is 10.8. The van der Waals surface area contributed by atoms with Crippen LogP contribution in [0.15, 0.2) is 42.9 Å². The first-order chi connectivity index (χ1) is 13.0. The maximum atomic E-state index is 13.8. The fraction of sp³-hybridized carbons (Fsp3) is 0.250. The number of halogens is 1. The van der Waals surface area contributed by atoms with Gasteiger partial charge < -0.3 is 0 Å². The van der Waals surface area contributed by atoms with E-state index >= 15 is 0 Å². The zero-order chi connectivity index (χ0) is 19.4. The summed E-state index contributed by atoms with van der Waals surface area (Å²) in [7, 11) is 0. The Morgan fingerprint density at radius 1 is 1.19 bits per heavy atom. The van der Waals surface area contributed by atoms with Crippen LogP contribution in [0.25, 0.3) is 5.69 Å². The van der Waals surface area contributed by atoms with Gasteiger partial charge in [0.15, 0.2) is 0 Å². The molecule has 3 aromatic rings. The predicted molar refractivity (Wildman–Crippen MR) is 98.3 cm³/mol. The first kappa shape index (κ1) is 18.7. The van der Waals surface area contributed by atoms with E-state index < -0.39 is 5.91 Å². The van der Waals surface area contributed by atoms with E-state index in [1.807, 2.05) is 19.1 Å². The van der Waals surface area contributed by atoms with Crippen LogP contribution in [0, 0.1) is 19.7 Å². The summed E-state index contributed by atoms with van der Waals surface area (Å²) in [6.07, 6.45) is 6.25. The molecular formula is C20H21FN4O2. The summed E-state index contributed by atoms with van der Waals surface area (Å²) in [4.78, 5) is 15.8. The number of hydrogen-bond donors (Lipinski definition) is 2. The predicted octanol–water partition coefficient (Wildman–Crippen LogP) is 2.86. The zero-order valence-corrected chi connectivity index (χ0v) is 15.2. The molecule has 3 rings (SSSR count). The number of hydrogen-bond acceptors (Lipinski definition) is 4. The Balaban J connectivity index is 1.97. The van der Waals surface area contributed by atoms with Crippen molar-refractivity contribution < 1.29 is 14.4 Å². The number of aromatic nitrogens is 3. The van der Waals surface area contributed by atoms with Gasteiger partial charge in [0, 0.05) is 23.7 Å². The number of benzene rings is 1. The smallest absolute Gasteiger partial charge is 0.247 e. The topological polar surface area (TPSA) is 80.0 Å². The Hall–Kier alpha value is -3.06. The highest BCUT2D eigenvalue weighted by Crippen LogP contribution is 2.21. The van der Waals surface area contributed by atoms with E-state index in [1.165, 1.54) is 6.07 Å². The summed E-state index contributed by atoms with van der Waals surface area (Å²) in [6.45, 7) is 3.69. The van der Waals surface area contributed by atoms with Gasteiger partial charge in [-0.2, -0.15) is 5.10 Å². The monoisotopic (exact) mass is 368 g/mol. The first-order valence-corrected chi connectivity index (χ1v) is 8.65. The number of rotatable bonds is 6. The third-order valence-electron chi connectivity index (χ3n) is 4.66. The average Bonchev–Trinajstić information content (AvgIpc) is 3.05. The quantitative estimate of drug-likeness (QED) is 0.518. The molecule has 7 heteroatoms. The van der Waals surface area contributed by atoms with Crippen molar-refractivity contribution in [3.8, 4) is 5.69 Å². The van der Waals surface area contributed by atoms with E-state index in [-0.39, 0.29) is 12.2 Å². The van der Waals surface area contributed by atoms with Gasteiger partial charge in [0.25, 0.3) is 0 Å². The van der Waals surface area contributed by atoms with E-state index in [1.54, 1.807) is 41.7 Å². The Kier molecular flexibility index (Phi) is 5.61. The lowest BCUT2D eigenvalue weighted by Gasteiger charge is -2.13. The molecule has 140 valence electrons. The van der Waals surface area contributed by atoms with Crippen LogP contribution in [0.1, 0.15) is 27.9 Å². The van der Waals surface area contributed by atoms with Gasteiger partial charge in [0.05, 0.1) is 18.3 Å². The Bertz CT molecular complexity index is 968. The molecule has 0 saturated carbocycles. The van der Waals surface area contributed by atoms with Crippen molar-refractivity contribution in [1.82, 2.24) is 20.2 Å². The van der Waals surface area contributed by atoms with Gasteiger partial charge in [-0.15, -0.1) is 0 Å². The minimum Gasteiger partial charge on any atom is -0.289 e. The summed E-state index contributed by atoms with van der Waals surface area (Å²) in [5.74, 6) is -0.741. The lowest BCUT2D eigenvalue weighted by molar-refractivity contribution is -0.128. The summed E-state index contributed by atoms with van der Waals surface area (Å²) in [5.41, 5.74) is 6.56. The number of nitrogens with zero attached hydrogens (tertiary/aromatic N) is 3. The molecule has 0 aliphatic heterocycles. The number of amides is 1. The average molecular weight is 368 g/mol. The van der Waals surface area contributed by atoms with Crippen molar-refractivity contribution in [2.45, 2.75) is 33.1 Å². The molecule has 0 aliphatic rings. The van der Waals surface area contributed by atoms with Gasteiger partial charge in [-0.3, -0.25) is 15.0 Å². The van der Waals surface area contributed by atoms with Crippen molar-refractivity contribution in [3.05, 3.63) is 76.6 Å². The highest BCUT2D eigenvalue weighted by Gasteiger charge is 2.17. The van der Waals surface area contributed by atoms with E-state index in [0.29, 0.717) is 24.0 Å². The highest BCUT2D eigenvalue weighted by molar-refractivity contribution is 5.77. The molecule has 6 nitrogen and oxygen atoms in total. The standard InChI is InChI=1S/C20H21FN4O2/c1-13-11-22-9-8-18(13)25-19(16(12-23-25)10-20(26)24-27)7-6-15-4-3-5-17(21)14(15)2/h3-5,8-9,11-12,27H,6-7,10H2,1-2H3,(H,24,26). The summed E-state index contributed by atoms with van der Waals surface area (Å²) >= 11 is 0. The number of hydroxylamine groups is 1. The van der Waals surface area contributed by atoms with E-state index in [2.05, 4.69) is 10.1 Å². The molecule has 2 aromatic heterocycles. The summed E-state index contributed by atoms with van der Waals surface area (Å²) in [5, 5.41) is 13.3. The maximum absolute atomic E-state index is 13.8.